The Hall–Kier alpha value is -1.49. The number of halogens is 1. The van der Waals surface area contributed by atoms with Gasteiger partial charge in [-0.3, -0.25) is 0 Å². The zero-order valence-electron chi connectivity index (χ0n) is 8.97. The van der Waals surface area contributed by atoms with Gasteiger partial charge in [0.1, 0.15) is 6.33 Å². The fraction of sp³-hybridized carbons (Fsp3) is 0. The number of benzene rings is 2. The third kappa shape index (κ3) is 2.02. The highest BCUT2D eigenvalue weighted by atomic mass is 127. The van der Waals surface area contributed by atoms with E-state index in [2.05, 4.69) is 56.8 Å². The molecule has 3 aromatic rings. The molecule has 17 heavy (non-hydrogen) atoms. The lowest BCUT2D eigenvalue weighted by molar-refractivity contribution is 1.22. The lowest BCUT2D eigenvalue weighted by Crippen LogP contribution is -1.87. The van der Waals surface area contributed by atoms with E-state index in [0.29, 0.717) is 0 Å². The van der Waals surface area contributed by atoms with Crippen molar-refractivity contribution in [2.24, 2.45) is 0 Å². The largest absolute Gasteiger partial charge is 0.244 e. The minimum absolute atomic E-state index is 1.01. The molecule has 0 atom stereocenters. The number of aromatic nitrogens is 2. The molecular formula is C14H9IN2. The Morgan fingerprint density at radius 3 is 2.65 bits per heavy atom. The molecule has 0 radical (unpaired) electrons. The highest BCUT2D eigenvalue weighted by molar-refractivity contribution is 14.1. The van der Waals surface area contributed by atoms with E-state index >= 15 is 0 Å². The normalized spacial score (nSPS) is 10.6. The van der Waals surface area contributed by atoms with E-state index in [-0.39, 0.29) is 0 Å². The molecule has 0 aliphatic heterocycles. The van der Waals surface area contributed by atoms with Gasteiger partial charge in [0.2, 0.25) is 0 Å². The van der Waals surface area contributed by atoms with Crippen molar-refractivity contribution in [2.75, 3.05) is 0 Å². The van der Waals surface area contributed by atoms with E-state index in [4.69, 9.17) is 0 Å². The van der Waals surface area contributed by atoms with Gasteiger partial charge in [-0.25, -0.2) is 9.97 Å². The monoisotopic (exact) mass is 332 g/mol. The van der Waals surface area contributed by atoms with Gasteiger partial charge in [0.25, 0.3) is 0 Å². The Morgan fingerprint density at radius 1 is 1.00 bits per heavy atom. The van der Waals surface area contributed by atoms with Crippen LogP contribution in [0.25, 0.3) is 22.0 Å². The minimum Gasteiger partial charge on any atom is -0.244 e. The Kier molecular flexibility index (Phi) is 2.76. The molecule has 0 aliphatic carbocycles. The van der Waals surface area contributed by atoms with Crippen molar-refractivity contribution in [1.82, 2.24) is 9.97 Å². The van der Waals surface area contributed by atoms with Gasteiger partial charge >= 0.3 is 0 Å². The fourth-order valence-electron chi connectivity index (χ4n) is 1.91. The lowest BCUT2D eigenvalue weighted by Gasteiger charge is -2.06. The third-order valence-corrected chi connectivity index (χ3v) is 3.28. The summed E-state index contributed by atoms with van der Waals surface area (Å²) in [5.74, 6) is 0. The van der Waals surface area contributed by atoms with Gasteiger partial charge in [-0.05, 0) is 40.3 Å². The first-order valence-corrected chi connectivity index (χ1v) is 6.37. The van der Waals surface area contributed by atoms with Gasteiger partial charge in [0.15, 0.2) is 0 Å². The van der Waals surface area contributed by atoms with Crippen LogP contribution in [-0.2, 0) is 0 Å². The molecule has 3 rings (SSSR count). The van der Waals surface area contributed by atoms with Crippen molar-refractivity contribution in [3.05, 3.63) is 58.6 Å². The summed E-state index contributed by atoms with van der Waals surface area (Å²) >= 11 is 2.32. The molecule has 2 aromatic carbocycles. The predicted molar refractivity (Wildman–Crippen MR) is 77.7 cm³/mol. The fourth-order valence-corrected chi connectivity index (χ4v) is 2.55. The summed E-state index contributed by atoms with van der Waals surface area (Å²) in [5, 5.41) is 1.08. The second-order valence-electron chi connectivity index (χ2n) is 3.78. The predicted octanol–water partition coefficient (Wildman–Crippen LogP) is 3.90. The standard InChI is InChI=1S/C14H9IN2/c15-12-6-11-8-16-9-17-14(11)13(7-12)10-4-2-1-3-5-10/h1-9H. The number of rotatable bonds is 1. The Labute approximate surface area is 113 Å². The van der Waals surface area contributed by atoms with Crippen molar-refractivity contribution in [3.63, 3.8) is 0 Å². The first kappa shape index (κ1) is 10.7. The first-order valence-electron chi connectivity index (χ1n) is 5.29. The first-order chi connectivity index (χ1) is 8.34. The summed E-state index contributed by atoms with van der Waals surface area (Å²) in [7, 11) is 0. The van der Waals surface area contributed by atoms with Crippen LogP contribution in [0.2, 0.25) is 0 Å². The molecule has 82 valence electrons. The van der Waals surface area contributed by atoms with Crippen LogP contribution in [0, 0.1) is 3.57 Å². The SMILES string of the molecule is Ic1cc(-c2ccccc2)c2ncncc2c1. The average Bonchev–Trinajstić information content (AvgIpc) is 2.39. The summed E-state index contributed by atoms with van der Waals surface area (Å²) in [6.45, 7) is 0. The molecule has 0 saturated carbocycles. The van der Waals surface area contributed by atoms with Crippen molar-refractivity contribution in [2.45, 2.75) is 0 Å². The summed E-state index contributed by atoms with van der Waals surface area (Å²) in [5.41, 5.74) is 3.36. The topological polar surface area (TPSA) is 25.8 Å². The van der Waals surface area contributed by atoms with E-state index in [1.807, 2.05) is 24.4 Å². The molecule has 0 spiro atoms. The third-order valence-electron chi connectivity index (χ3n) is 2.66. The van der Waals surface area contributed by atoms with Crippen molar-refractivity contribution < 1.29 is 0 Å². The van der Waals surface area contributed by atoms with E-state index in [1.54, 1.807) is 6.33 Å². The molecule has 0 fully saturated rings. The molecule has 0 saturated heterocycles. The van der Waals surface area contributed by atoms with Crippen LogP contribution in [-0.4, -0.2) is 9.97 Å². The van der Waals surface area contributed by atoms with E-state index in [1.165, 1.54) is 9.13 Å². The smallest absolute Gasteiger partial charge is 0.116 e. The summed E-state index contributed by atoms with van der Waals surface area (Å²) in [6, 6.07) is 14.6. The molecule has 1 aromatic heterocycles. The zero-order chi connectivity index (χ0) is 11.7. The quantitative estimate of drug-likeness (QED) is 0.632. The van der Waals surface area contributed by atoms with Crippen molar-refractivity contribution in [3.8, 4) is 11.1 Å². The lowest BCUT2D eigenvalue weighted by atomic mass is 10.0. The second kappa shape index (κ2) is 4.41. The Bertz CT molecular complexity index is 665. The van der Waals surface area contributed by atoms with Crippen LogP contribution < -0.4 is 0 Å². The highest BCUT2D eigenvalue weighted by Crippen LogP contribution is 2.28. The van der Waals surface area contributed by atoms with Crippen LogP contribution in [0.15, 0.2) is 55.0 Å². The van der Waals surface area contributed by atoms with Gasteiger partial charge in [0, 0.05) is 20.7 Å². The number of fused-ring (bicyclic) bond motifs is 1. The maximum Gasteiger partial charge on any atom is 0.116 e. The minimum atomic E-state index is 1.01. The maximum absolute atomic E-state index is 4.38. The highest BCUT2D eigenvalue weighted by Gasteiger charge is 2.06. The van der Waals surface area contributed by atoms with Gasteiger partial charge in [-0.15, -0.1) is 0 Å². The molecule has 0 N–H and O–H groups in total. The summed E-state index contributed by atoms with van der Waals surface area (Å²) < 4.78 is 1.20. The van der Waals surface area contributed by atoms with Crippen LogP contribution in [0.5, 0.6) is 0 Å². The number of nitrogens with zero attached hydrogens (tertiary/aromatic N) is 2. The van der Waals surface area contributed by atoms with Crippen molar-refractivity contribution in [1.29, 1.82) is 0 Å². The molecule has 3 heteroatoms. The molecule has 0 amide bonds. The Morgan fingerprint density at radius 2 is 1.82 bits per heavy atom. The second-order valence-corrected chi connectivity index (χ2v) is 5.03. The van der Waals surface area contributed by atoms with Crippen LogP contribution in [0.1, 0.15) is 0 Å². The Balaban J connectivity index is 2.36. The molecule has 0 aliphatic rings. The molecule has 0 unspecified atom stereocenters. The van der Waals surface area contributed by atoms with Crippen LogP contribution in [0.3, 0.4) is 0 Å². The van der Waals surface area contributed by atoms with Gasteiger partial charge in [-0.2, -0.15) is 0 Å². The van der Waals surface area contributed by atoms with Crippen molar-refractivity contribution >= 4 is 33.5 Å². The molecule has 2 nitrogen and oxygen atoms in total. The summed E-state index contributed by atoms with van der Waals surface area (Å²) in [6.07, 6.45) is 3.46. The molecular weight excluding hydrogens is 323 g/mol. The van der Waals surface area contributed by atoms with E-state index < -0.39 is 0 Å². The van der Waals surface area contributed by atoms with Crippen LogP contribution in [0.4, 0.5) is 0 Å². The van der Waals surface area contributed by atoms with E-state index in [0.717, 1.165) is 16.5 Å². The number of hydrogen-bond acceptors (Lipinski definition) is 2. The zero-order valence-corrected chi connectivity index (χ0v) is 11.1. The van der Waals surface area contributed by atoms with Gasteiger partial charge in [0.05, 0.1) is 5.52 Å². The van der Waals surface area contributed by atoms with Gasteiger partial charge in [-0.1, -0.05) is 30.3 Å². The summed E-state index contributed by atoms with van der Waals surface area (Å²) in [4.78, 5) is 8.46. The van der Waals surface area contributed by atoms with E-state index in [9.17, 15) is 0 Å². The molecule has 0 bridgehead atoms. The van der Waals surface area contributed by atoms with Gasteiger partial charge < -0.3 is 0 Å². The van der Waals surface area contributed by atoms with Crippen LogP contribution >= 0.6 is 22.6 Å². The maximum atomic E-state index is 4.38. The molecule has 1 heterocycles. The number of hydrogen-bond donors (Lipinski definition) is 0. The average molecular weight is 332 g/mol.